The maximum atomic E-state index is 11.5. The summed E-state index contributed by atoms with van der Waals surface area (Å²) in [5, 5.41) is 5.67. The van der Waals surface area contributed by atoms with Crippen LogP contribution in [0.1, 0.15) is 27.6 Å². The Kier molecular flexibility index (Phi) is 10.3. The fraction of sp³-hybridized carbons (Fsp3) is 0.294. The van der Waals surface area contributed by atoms with Gasteiger partial charge in [-0.2, -0.15) is 0 Å². The highest BCUT2D eigenvalue weighted by Crippen LogP contribution is 2.16. The minimum atomic E-state index is -0.379. The normalized spacial score (nSPS) is 9.56. The van der Waals surface area contributed by atoms with Crippen molar-refractivity contribution < 1.29 is 19.1 Å². The van der Waals surface area contributed by atoms with Crippen LogP contribution in [0.2, 0.25) is 0 Å². The summed E-state index contributed by atoms with van der Waals surface area (Å²) in [5.41, 5.74) is 0.929. The number of anilines is 2. The summed E-state index contributed by atoms with van der Waals surface area (Å²) in [6.45, 7) is 2.14. The van der Waals surface area contributed by atoms with Crippen molar-refractivity contribution >= 4 is 68.8 Å². The first-order chi connectivity index (χ1) is 12.9. The average molecular weight is 598 g/mol. The summed E-state index contributed by atoms with van der Waals surface area (Å²) in [6.07, 6.45) is 3.37. The Morgan fingerprint density at radius 1 is 0.963 bits per heavy atom. The number of nitrogens with one attached hydrogen (secondary N) is 2. The molecule has 0 amide bonds. The van der Waals surface area contributed by atoms with Gasteiger partial charge in [-0.3, -0.25) is 0 Å². The molecule has 0 aliphatic heterocycles. The maximum Gasteiger partial charge on any atom is 0.341 e. The number of pyridine rings is 2. The summed E-state index contributed by atoms with van der Waals surface area (Å²) in [6, 6.07) is 3.47. The van der Waals surface area contributed by atoms with Gasteiger partial charge in [-0.1, -0.05) is 0 Å². The number of methoxy groups -OCH3 is 1. The zero-order chi connectivity index (χ0) is 20.4. The predicted molar refractivity (Wildman–Crippen MR) is 120 cm³/mol. The van der Waals surface area contributed by atoms with E-state index in [1.807, 2.05) is 0 Å². The lowest BCUT2D eigenvalue weighted by Gasteiger charge is -2.07. The van der Waals surface area contributed by atoms with E-state index in [1.54, 1.807) is 45.5 Å². The van der Waals surface area contributed by atoms with E-state index in [-0.39, 0.29) is 11.9 Å². The van der Waals surface area contributed by atoms with Gasteiger partial charge in [0.1, 0.15) is 22.8 Å². The Morgan fingerprint density at radius 2 is 1.41 bits per heavy atom. The third-order valence-electron chi connectivity index (χ3n) is 3.08. The number of rotatable bonds is 5. The van der Waals surface area contributed by atoms with E-state index in [0.717, 1.165) is 7.14 Å². The molecule has 0 saturated carbocycles. The van der Waals surface area contributed by atoms with E-state index < -0.39 is 0 Å². The van der Waals surface area contributed by atoms with E-state index in [1.165, 1.54) is 7.11 Å². The first-order valence-corrected chi connectivity index (χ1v) is 9.95. The van der Waals surface area contributed by atoms with Gasteiger partial charge < -0.3 is 20.1 Å². The quantitative estimate of drug-likeness (QED) is 0.399. The number of hydrogen-bond acceptors (Lipinski definition) is 8. The Hall–Kier alpha value is -1.70. The molecule has 2 N–H and O–H groups in total. The Bertz CT molecular complexity index is 802. The second kappa shape index (κ2) is 11.9. The van der Waals surface area contributed by atoms with Gasteiger partial charge >= 0.3 is 11.9 Å². The van der Waals surface area contributed by atoms with Crippen LogP contribution in [-0.2, 0) is 9.47 Å². The SMILES string of the molecule is CCOC(=O)c1cc(I)cnc1NC.CNc1ncc(I)cc1C(=O)OC. The molecule has 0 aliphatic rings. The highest BCUT2D eigenvalue weighted by molar-refractivity contribution is 14.1. The largest absolute Gasteiger partial charge is 0.465 e. The highest BCUT2D eigenvalue weighted by Gasteiger charge is 2.13. The standard InChI is InChI=1S/C9H11IN2O2.C8H9IN2O2/c1-3-14-9(13)7-4-6(10)5-12-8(7)11-2;1-10-7-6(8(12)13-2)3-5(9)4-11-7/h4-5H,3H2,1-2H3,(H,11,12);3-4H,1-2H3,(H,10,11). The summed E-state index contributed by atoms with van der Waals surface area (Å²) in [7, 11) is 4.78. The van der Waals surface area contributed by atoms with Crippen molar-refractivity contribution in [3.05, 3.63) is 42.8 Å². The smallest absolute Gasteiger partial charge is 0.341 e. The summed E-state index contributed by atoms with van der Waals surface area (Å²) in [4.78, 5) is 30.8. The molecule has 0 bridgehead atoms. The van der Waals surface area contributed by atoms with Crippen LogP contribution < -0.4 is 10.6 Å². The van der Waals surface area contributed by atoms with Crippen molar-refractivity contribution in [3.8, 4) is 0 Å². The number of hydrogen-bond donors (Lipinski definition) is 2. The van der Waals surface area contributed by atoms with Gasteiger partial charge in [-0.05, 0) is 64.2 Å². The molecular weight excluding hydrogens is 578 g/mol. The van der Waals surface area contributed by atoms with E-state index in [0.29, 0.717) is 29.4 Å². The lowest BCUT2D eigenvalue weighted by Crippen LogP contribution is -2.09. The minimum Gasteiger partial charge on any atom is -0.465 e. The summed E-state index contributed by atoms with van der Waals surface area (Å²) in [5.74, 6) is 0.356. The predicted octanol–water partition coefficient (Wildman–Crippen LogP) is 3.42. The van der Waals surface area contributed by atoms with Crippen molar-refractivity contribution in [1.29, 1.82) is 0 Å². The molecule has 10 heteroatoms. The maximum absolute atomic E-state index is 11.5. The molecule has 0 spiro atoms. The molecule has 2 heterocycles. The van der Waals surface area contributed by atoms with Crippen LogP contribution in [0.4, 0.5) is 11.6 Å². The molecular formula is C17H20I2N4O4. The van der Waals surface area contributed by atoms with Gasteiger partial charge in [0.2, 0.25) is 0 Å². The topological polar surface area (TPSA) is 102 Å². The van der Waals surface area contributed by atoms with Crippen LogP contribution in [0.5, 0.6) is 0 Å². The highest BCUT2D eigenvalue weighted by atomic mass is 127. The zero-order valence-corrected chi connectivity index (χ0v) is 19.6. The number of aromatic nitrogens is 2. The Balaban J connectivity index is 0.000000271. The van der Waals surface area contributed by atoms with Gasteiger partial charge in [0.15, 0.2) is 0 Å². The number of esters is 2. The molecule has 27 heavy (non-hydrogen) atoms. The van der Waals surface area contributed by atoms with Crippen molar-refractivity contribution in [1.82, 2.24) is 9.97 Å². The fourth-order valence-corrected chi connectivity index (χ4v) is 2.81. The molecule has 2 aromatic heterocycles. The zero-order valence-electron chi connectivity index (χ0n) is 15.3. The molecule has 0 atom stereocenters. The summed E-state index contributed by atoms with van der Waals surface area (Å²) >= 11 is 4.19. The molecule has 2 rings (SSSR count). The van der Waals surface area contributed by atoms with E-state index in [9.17, 15) is 9.59 Å². The number of carbonyl (C=O) groups is 2. The molecule has 146 valence electrons. The lowest BCUT2D eigenvalue weighted by atomic mass is 10.2. The van der Waals surface area contributed by atoms with Crippen LogP contribution >= 0.6 is 45.2 Å². The van der Waals surface area contributed by atoms with Crippen LogP contribution in [0.25, 0.3) is 0 Å². The third kappa shape index (κ3) is 7.08. The third-order valence-corrected chi connectivity index (χ3v) is 4.26. The van der Waals surface area contributed by atoms with Crippen LogP contribution in [0.3, 0.4) is 0 Å². The molecule has 0 radical (unpaired) electrons. The van der Waals surface area contributed by atoms with E-state index in [2.05, 4.69) is 70.5 Å². The van der Waals surface area contributed by atoms with E-state index >= 15 is 0 Å². The number of ether oxygens (including phenoxy) is 2. The van der Waals surface area contributed by atoms with Gasteiger partial charge in [0, 0.05) is 33.6 Å². The molecule has 0 fully saturated rings. The van der Waals surface area contributed by atoms with Gasteiger partial charge in [0.05, 0.1) is 13.7 Å². The second-order valence-corrected chi connectivity index (χ2v) is 7.30. The Morgan fingerprint density at radius 3 is 1.78 bits per heavy atom. The molecule has 0 aromatic carbocycles. The van der Waals surface area contributed by atoms with Crippen LogP contribution in [0.15, 0.2) is 24.5 Å². The van der Waals surface area contributed by atoms with Gasteiger partial charge in [-0.25, -0.2) is 19.6 Å². The van der Waals surface area contributed by atoms with Crippen LogP contribution in [-0.4, -0.2) is 49.7 Å². The van der Waals surface area contributed by atoms with Crippen LogP contribution in [0, 0.1) is 7.14 Å². The molecule has 0 aliphatic carbocycles. The van der Waals surface area contributed by atoms with Gasteiger partial charge in [-0.15, -0.1) is 0 Å². The lowest BCUT2D eigenvalue weighted by molar-refractivity contribution is 0.0526. The van der Waals surface area contributed by atoms with Crippen molar-refractivity contribution in [2.24, 2.45) is 0 Å². The monoisotopic (exact) mass is 598 g/mol. The minimum absolute atomic E-state index is 0.345. The number of halogens is 2. The molecule has 0 saturated heterocycles. The molecule has 0 unspecified atom stereocenters. The first kappa shape index (κ1) is 23.3. The number of nitrogens with zero attached hydrogens (tertiary/aromatic N) is 2. The van der Waals surface area contributed by atoms with Crippen molar-refractivity contribution in [2.75, 3.05) is 38.4 Å². The summed E-state index contributed by atoms with van der Waals surface area (Å²) < 4.78 is 11.3. The first-order valence-electron chi connectivity index (χ1n) is 7.79. The Labute approximate surface area is 185 Å². The fourth-order valence-electron chi connectivity index (χ4n) is 1.91. The molecule has 2 aromatic rings. The van der Waals surface area contributed by atoms with Crippen molar-refractivity contribution in [2.45, 2.75) is 6.92 Å². The average Bonchev–Trinajstić information content (AvgIpc) is 2.68. The van der Waals surface area contributed by atoms with Gasteiger partial charge in [0.25, 0.3) is 0 Å². The number of carbonyl (C=O) groups excluding carboxylic acids is 2. The van der Waals surface area contributed by atoms with Crippen molar-refractivity contribution in [3.63, 3.8) is 0 Å². The second-order valence-electron chi connectivity index (χ2n) is 4.81. The van der Waals surface area contributed by atoms with E-state index in [4.69, 9.17) is 4.74 Å². The molecule has 8 nitrogen and oxygen atoms in total.